The maximum Gasteiger partial charge on any atom is 0.148 e. The van der Waals surface area contributed by atoms with Crippen molar-refractivity contribution in [3.63, 3.8) is 0 Å². The summed E-state index contributed by atoms with van der Waals surface area (Å²) in [5.74, 6) is 2.04. The number of rotatable bonds is 5. The number of nitrogens with zero attached hydrogens (tertiary/aromatic N) is 5. The van der Waals surface area contributed by atoms with Crippen molar-refractivity contribution in [2.45, 2.75) is 25.3 Å². The SMILES string of the molecule is Cn1c(CCN2CCC(Nc3cccnn3)CC2)nc2ccccc21. The van der Waals surface area contributed by atoms with E-state index in [-0.39, 0.29) is 0 Å². The van der Waals surface area contributed by atoms with E-state index in [1.54, 1.807) is 6.20 Å². The second kappa shape index (κ2) is 7.19. The fraction of sp³-hybridized carbons (Fsp3) is 0.421. The maximum absolute atomic E-state index is 4.78. The number of likely N-dealkylation sites (tertiary alicyclic amines) is 1. The number of hydrogen-bond acceptors (Lipinski definition) is 5. The molecule has 0 aliphatic carbocycles. The zero-order chi connectivity index (χ0) is 17.1. The first-order valence-electron chi connectivity index (χ1n) is 8.96. The van der Waals surface area contributed by atoms with Crippen LogP contribution >= 0.6 is 0 Å². The van der Waals surface area contributed by atoms with Crippen molar-refractivity contribution >= 4 is 16.9 Å². The average molecular weight is 336 g/mol. The molecule has 0 amide bonds. The van der Waals surface area contributed by atoms with Gasteiger partial charge < -0.3 is 14.8 Å². The second-order valence-electron chi connectivity index (χ2n) is 6.69. The van der Waals surface area contributed by atoms with Crippen molar-refractivity contribution in [3.05, 3.63) is 48.4 Å². The van der Waals surface area contributed by atoms with Gasteiger partial charge in [-0.1, -0.05) is 12.1 Å². The normalized spacial score (nSPS) is 16.4. The predicted octanol–water partition coefficient (Wildman–Crippen LogP) is 2.48. The average Bonchev–Trinajstić information content (AvgIpc) is 2.98. The Kier molecular flexibility index (Phi) is 4.61. The van der Waals surface area contributed by atoms with Crippen molar-refractivity contribution in [1.29, 1.82) is 0 Å². The fourth-order valence-electron chi connectivity index (χ4n) is 3.57. The standard InChI is InChI=1S/C19H24N6/c1-24-17-6-3-2-5-16(17)22-19(24)10-14-25-12-8-15(9-13-25)21-18-7-4-11-20-23-18/h2-7,11,15H,8-10,12-14H2,1H3,(H,21,23). The van der Waals surface area contributed by atoms with Crippen LogP contribution in [0.1, 0.15) is 18.7 Å². The van der Waals surface area contributed by atoms with E-state index in [4.69, 9.17) is 4.98 Å². The number of hydrogen-bond donors (Lipinski definition) is 1. The van der Waals surface area contributed by atoms with Crippen molar-refractivity contribution in [2.24, 2.45) is 7.05 Å². The van der Waals surface area contributed by atoms with Gasteiger partial charge in [0.2, 0.25) is 0 Å². The molecule has 0 unspecified atom stereocenters. The minimum absolute atomic E-state index is 0.490. The van der Waals surface area contributed by atoms with Gasteiger partial charge in [-0.2, -0.15) is 5.10 Å². The van der Waals surface area contributed by atoms with Crippen LogP contribution in [0.3, 0.4) is 0 Å². The third-order valence-electron chi connectivity index (χ3n) is 5.04. The first kappa shape index (κ1) is 16.0. The summed E-state index contributed by atoms with van der Waals surface area (Å²) in [5.41, 5.74) is 2.30. The lowest BCUT2D eigenvalue weighted by Crippen LogP contribution is -2.40. The van der Waals surface area contributed by atoms with Gasteiger partial charge in [-0.3, -0.25) is 0 Å². The summed E-state index contributed by atoms with van der Waals surface area (Å²) >= 11 is 0. The van der Waals surface area contributed by atoms with E-state index in [1.165, 1.54) is 11.3 Å². The Morgan fingerprint density at radius 2 is 1.96 bits per heavy atom. The Hall–Kier alpha value is -2.47. The number of fused-ring (bicyclic) bond motifs is 1. The summed E-state index contributed by atoms with van der Waals surface area (Å²) in [4.78, 5) is 7.31. The molecular weight excluding hydrogens is 312 g/mol. The molecule has 1 saturated heterocycles. The number of para-hydroxylation sites is 2. The Morgan fingerprint density at radius 3 is 2.72 bits per heavy atom. The van der Waals surface area contributed by atoms with Crippen LogP contribution in [0.25, 0.3) is 11.0 Å². The smallest absolute Gasteiger partial charge is 0.148 e. The molecule has 0 radical (unpaired) electrons. The van der Waals surface area contributed by atoms with Gasteiger partial charge in [0.05, 0.1) is 11.0 Å². The lowest BCUT2D eigenvalue weighted by Gasteiger charge is -2.32. The molecule has 1 aliphatic rings. The van der Waals surface area contributed by atoms with Crippen LogP contribution in [0.2, 0.25) is 0 Å². The Labute approximate surface area is 147 Å². The highest BCUT2D eigenvalue weighted by Crippen LogP contribution is 2.17. The van der Waals surface area contributed by atoms with Crippen molar-refractivity contribution in [3.8, 4) is 0 Å². The van der Waals surface area contributed by atoms with Crippen LogP contribution in [0.15, 0.2) is 42.6 Å². The van der Waals surface area contributed by atoms with E-state index in [0.717, 1.165) is 50.2 Å². The third kappa shape index (κ3) is 3.64. The van der Waals surface area contributed by atoms with Crippen LogP contribution in [0, 0.1) is 0 Å². The Balaban J connectivity index is 1.29. The quantitative estimate of drug-likeness (QED) is 0.776. The summed E-state index contributed by atoms with van der Waals surface area (Å²) < 4.78 is 2.22. The summed E-state index contributed by atoms with van der Waals surface area (Å²) in [5, 5.41) is 11.5. The van der Waals surface area contributed by atoms with Crippen LogP contribution in [-0.2, 0) is 13.5 Å². The van der Waals surface area contributed by atoms with E-state index >= 15 is 0 Å². The van der Waals surface area contributed by atoms with Gasteiger partial charge in [-0.25, -0.2) is 4.98 Å². The van der Waals surface area contributed by atoms with Gasteiger partial charge >= 0.3 is 0 Å². The van der Waals surface area contributed by atoms with E-state index in [2.05, 4.69) is 50.2 Å². The van der Waals surface area contributed by atoms with Gasteiger partial charge in [-0.05, 0) is 37.1 Å². The van der Waals surface area contributed by atoms with Gasteiger partial charge in [0.15, 0.2) is 0 Å². The molecule has 1 N–H and O–H groups in total. The zero-order valence-electron chi connectivity index (χ0n) is 14.6. The molecule has 3 aromatic rings. The second-order valence-corrected chi connectivity index (χ2v) is 6.69. The number of anilines is 1. The molecule has 6 heteroatoms. The first-order chi connectivity index (χ1) is 12.3. The Morgan fingerprint density at radius 1 is 1.12 bits per heavy atom. The minimum atomic E-state index is 0.490. The van der Waals surface area contributed by atoms with E-state index in [0.29, 0.717) is 6.04 Å². The summed E-state index contributed by atoms with van der Waals surface area (Å²) in [6.07, 6.45) is 4.97. The number of aromatic nitrogens is 4. The van der Waals surface area contributed by atoms with E-state index < -0.39 is 0 Å². The molecule has 130 valence electrons. The molecule has 0 atom stereocenters. The molecule has 0 bridgehead atoms. The molecular formula is C19H24N6. The molecule has 4 rings (SSSR count). The van der Waals surface area contributed by atoms with Crippen LogP contribution in [0.5, 0.6) is 0 Å². The molecule has 1 fully saturated rings. The number of nitrogens with one attached hydrogen (secondary N) is 1. The molecule has 1 aliphatic heterocycles. The predicted molar refractivity (Wildman–Crippen MR) is 99.5 cm³/mol. The minimum Gasteiger partial charge on any atom is -0.366 e. The lowest BCUT2D eigenvalue weighted by molar-refractivity contribution is 0.220. The number of aryl methyl sites for hydroxylation is 1. The number of piperidine rings is 1. The van der Waals surface area contributed by atoms with Gasteiger partial charge in [0, 0.05) is 45.3 Å². The summed E-state index contributed by atoms with van der Waals surface area (Å²) in [6, 6.07) is 12.7. The third-order valence-corrected chi connectivity index (χ3v) is 5.04. The largest absolute Gasteiger partial charge is 0.366 e. The highest BCUT2D eigenvalue weighted by Gasteiger charge is 2.19. The molecule has 3 heterocycles. The summed E-state index contributed by atoms with van der Waals surface area (Å²) in [7, 11) is 2.11. The monoisotopic (exact) mass is 336 g/mol. The molecule has 2 aromatic heterocycles. The molecule has 25 heavy (non-hydrogen) atoms. The van der Waals surface area contributed by atoms with Crippen molar-refractivity contribution in [2.75, 3.05) is 25.0 Å². The maximum atomic E-state index is 4.78. The Bertz CT molecular complexity index is 820. The summed E-state index contributed by atoms with van der Waals surface area (Å²) in [6.45, 7) is 3.29. The highest BCUT2D eigenvalue weighted by molar-refractivity contribution is 5.75. The van der Waals surface area contributed by atoms with E-state index in [9.17, 15) is 0 Å². The number of imidazole rings is 1. The molecule has 1 aromatic carbocycles. The van der Waals surface area contributed by atoms with Crippen molar-refractivity contribution in [1.82, 2.24) is 24.6 Å². The fourth-order valence-corrected chi connectivity index (χ4v) is 3.57. The molecule has 0 spiro atoms. The van der Waals surface area contributed by atoms with Crippen molar-refractivity contribution < 1.29 is 0 Å². The van der Waals surface area contributed by atoms with Gasteiger partial charge in [0.25, 0.3) is 0 Å². The lowest BCUT2D eigenvalue weighted by atomic mass is 10.0. The van der Waals surface area contributed by atoms with Gasteiger partial charge in [0.1, 0.15) is 11.6 Å². The van der Waals surface area contributed by atoms with Gasteiger partial charge in [-0.15, -0.1) is 5.10 Å². The topological polar surface area (TPSA) is 58.9 Å². The molecule has 0 saturated carbocycles. The highest BCUT2D eigenvalue weighted by atomic mass is 15.2. The van der Waals surface area contributed by atoms with Crippen LogP contribution in [0.4, 0.5) is 5.82 Å². The molecule has 6 nitrogen and oxygen atoms in total. The first-order valence-corrected chi connectivity index (χ1v) is 8.96. The van der Waals surface area contributed by atoms with Crippen LogP contribution in [-0.4, -0.2) is 50.3 Å². The van der Waals surface area contributed by atoms with Crippen LogP contribution < -0.4 is 5.32 Å². The number of benzene rings is 1. The zero-order valence-corrected chi connectivity index (χ0v) is 14.6. The van der Waals surface area contributed by atoms with E-state index in [1.807, 2.05) is 18.2 Å².